The lowest BCUT2D eigenvalue weighted by molar-refractivity contribution is 0.0941. The molecule has 0 bridgehead atoms. The van der Waals surface area contributed by atoms with Crippen molar-refractivity contribution in [3.8, 4) is 5.40 Å². The SMILES string of the molecule is CC(=O)n1cc(SC#N)c2ccccc21. The Morgan fingerprint density at radius 3 is 2.87 bits per heavy atom. The van der Waals surface area contributed by atoms with Gasteiger partial charge in [-0.3, -0.25) is 9.36 Å². The fourth-order valence-corrected chi connectivity index (χ4v) is 2.08. The molecule has 0 spiro atoms. The van der Waals surface area contributed by atoms with Gasteiger partial charge in [0.05, 0.1) is 5.52 Å². The average Bonchev–Trinajstić information content (AvgIpc) is 2.59. The number of benzene rings is 1. The molecule has 0 aliphatic carbocycles. The number of nitriles is 1. The molecule has 1 heterocycles. The number of carbonyl (C=O) groups is 1. The van der Waals surface area contributed by atoms with E-state index < -0.39 is 0 Å². The Hall–Kier alpha value is -1.73. The highest BCUT2D eigenvalue weighted by atomic mass is 32.2. The largest absolute Gasteiger partial charge is 0.286 e. The van der Waals surface area contributed by atoms with E-state index in [0.717, 1.165) is 27.6 Å². The lowest BCUT2D eigenvalue weighted by atomic mass is 10.2. The van der Waals surface area contributed by atoms with Crippen LogP contribution in [0.15, 0.2) is 35.4 Å². The molecule has 0 amide bonds. The molecular weight excluding hydrogens is 208 g/mol. The zero-order valence-corrected chi connectivity index (χ0v) is 8.91. The van der Waals surface area contributed by atoms with Crippen molar-refractivity contribution in [3.05, 3.63) is 30.5 Å². The number of fused-ring (bicyclic) bond motifs is 1. The second kappa shape index (κ2) is 3.79. The van der Waals surface area contributed by atoms with E-state index in [0.29, 0.717) is 0 Å². The fourth-order valence-electron chi connectivity index (χ4n) is 1.54. The molecule has 4 heteroatoms. The highest BCUT2D eigenvalue weighted by Crippen LogP contribution is 2.29. The van der Waals surface area contributed by atoms with Crippen LogP contribution in [0.3, 0.4) is 0 Å². The van der Waals surface area contributed by atoms with Crippen molar-refractivity contribution in [2.24, 2.45) is 0 Å². The summed E-state index contributed by atoms with van der Waals surface area (Å²) in [5, 5.41) is 11.6. The summed E-state index contributed by atoms with van der Waals surface area (Å²) in [6.45, 7) is 1.51. The third kappa shape index (κ3) is 1.62. The first-order chi connectivity index (χ1) is 7.24. The maximum atomic E-state index is 11.3. The van der Waals surface area contributed by atoms with Crippen LogP contribution in [0.1, 0.15) is 11.7 Å². The maximum Gasteiger partial charge on any atom is 0.227 e. The summed E-state index contributed by atoms with van der Waals surface area (Å²) in [6, 6.07) is 7.56. The molecule has 3 nitrogen and oxygen atoms in total. The summed E-state index contributed by atoms with van der Waals surface area (Å²) in [5.74, 6) is -0.0454. The molecule has 2 rings (SSSR count). The lowest BCUT2D eigenvalue weighted by Crippen LogP contribution is -2.02. The summed E-state index contributed by atoms with van der Waals surface area (Å²) in [4.78, 5) is 12.2. The van der Waals surface area contributed by atoms with Gasteiger partial charge in [0.2, 0.25) is 5.91 Å². The van der Waals surface area contributed by atoms with Gasteiger partial charge in [-0.05, 0) is 17.8 Å². The van der Waals surface area contributed by atoms with E-state index in [9.17, 15) is 4.79 Å². The summed E-state index contributed by atoms with van der Waals surface area (Å²) in [6.07, 6.45) is 1.71. The molecular formula is C11H8N2OS. The van der Waals surface area contributed by atoms with E-state index in [-0.39, 0.29) is 5.91 Å². The molecule has 0 fully saturated rings. The highest BCUT2D eigenvalue weighted by molar-refractivity contribution is 8.04. The Kier molecular flexibility index (Phi) is 2.48. The van der Waals surface area contributed by atoms with Crippen LogP contribution in [-0.4, -0.2) is 10.5 Å². The molecule has 0 atom stereocenters. The van der Waals surface area contributed by atoms with Crippen molar-refractivity contribution in [1.29, 1.82) is 5.26 Å². The number of aromatic nitrogens is 1. The van der Waals surface area contributed by atoms with Crippen LogP contribution in [0.25, 0.3) is 10.9 Å². The van der Waals surface area contributed by atoms with Gasteiger partial charge in [-0.15, -0.1) is 0 Å². The van der Waals surface area contributed by atoms with Gasteiger partial charge >= 0.3 is 0 Å². The van der Waals surface area contributed by atoms with Crippen LogP contribution in [0.2, 0.25) is 0 Å². The molecule has 0 saturated heterocycles. The van der Waals surface area contributed by atoms with Gasteiger partial charge in [-0.2, -0.15) is 5.26 Å². The van der Waals surface area contributed by atoms with Crippen LogP contribution in [0.4, 0.5) is 0 Å². The predicted octanol–water partition coefficient (Wildman–Crippen LogP) is 2.87. The Morgan fingerprint density at radius 2 is 2.20 bits per heavy atom. The number of carbonyl (C=O) groups excluding carboxylic acids is 1. The standard InChI is InChI=1S/C11H8N2OS/c1-8(14)13-6-11(15-7-12)9-4-2-3-5-10(9)13/h2-6H,1H3. The number of nitrogens with zero attached hydrogens (tertiary/aromatic N) is 2. The quantitative estimate of drug-likeness (QED) is 0.544. The van der Waals surface area contributed by atoms with Gasteiger partial charge in [0, 0.05) is 23.4 Å². The Labute approximate surface area is 91.3 Å². The van der Waals surface area contributed by atoms with Crippen LogP contribution in [0, 0.1) is 10.7 Å². The third-order valence-electron chi connectivity index (χ3n) is 2.17. The van der Waals surface area contributed by atoms with E-state index >= 15 is 0 Å². The zero-order valence-electron chi connectivity index (χ0n) is 8.10. The molecule has 0 N–H and O–H groups in total. The summed E-state index contributed by atoms with van der Waals surface area (Å²) in [7, 11) is 0. The predicted molar refractivity (Wildman–Crippen MR) is 59.7 cm³/mol. The van der Waals surface area contributed by atoms with Crippen molar-refractivity contribution in [3.63, 3.8) is 0 Å². The van der Waals surface area contributed by atoms with Crippen molar-refractivity contribution < 1.29 is 4.79 Å². The van der Waals surface area contributed by atoms with Crippen molar-refractivity contribution in [2.75, 3.05) is 0 Å². The zero-order chi connectivity index (χ0) is 10.8. The first kappa shape index (κ1) is 9.81. The highest BCUT2D eigenvalue weighted by Gasteiger charge is 2.10. The van der Waals surface area contributed by atoms with Crippen LogP contribution in [0.5, 0.6) is 0 Å². The molecule has 0 aliphatic rings. The monoisotopic (exact) mass is 216 g/mol. The molecule has 2 aromatic rings. The molecule has 1 aromatic carbocycles. The molecule has 0 saturated carbocycles. The van der Waals surface area contributed by atoms with Gasteiger partial charge in [-0.1, -0.05) is 18.2 Å². The first-order valence-electron chi connectivity index (χ1n) is 4.41. The Bertz CT molecular complexity index is 565. The number of rotatable bonds is 1. The van der Waals surface area contributed by atoms with Crippen molar-refractivity contribution in [1.82, 2.24) is 4.57 Å². The Morgan fingerprint density at radius 1 is 1.47 bits per heavy atom. The van der Waals surface area contributed by atoms with Gasteiger partial charge in [0.25, 0.3) is 0 Å². The maximum absolute atomic E-state index is 11.3. The number of thiocyanates is 1. The fraction of sp³-hybridized carbons (Fsp3) is 0.0909. The second-order valence-corrected chi connectivity index (χ2v) is 3.92. The molecule has 1 aromatic heterocycles. The first-order valence-corrected chi connectivity index (χ1v) is 5.22. The smallest absolute Gasteiger partial charge is 0.227 e. The topological polar surface area (TPSA) is 45.8 Å². The molecule has 0 aliphatic heterocycles. The molecule has 0 radical (unpaired) electrons. The van der Waals surface area contributed by atoms with Gasteiger partial charge < -0.3 is 0 Å². The summed E-state index contributed by atoms with van der Waals surface area (Å²) in [5.41, 5.74) is 0.850. The second-order valence-electron chi connectivity index (χ2n) is 3.09. The lowest BCUT2D eigenvalue weighted by Gasteiger charge is -1.96. The average molecular weight is 216 g/mol. The minimum atomic E-state index is -0.0454. The van der Waals surface area contributed by atoms with Gasteiger partial charge in [-0.25, -0.2) is 0 Å². The number of hydrogen-bond donors (Lipinski definition) is 0. The van der Waals surface area contributed by atoms with E-state index in [2.05, 4.69) is 0 Å². The number of thioether (sulfide) groups is 1. The summed E-state index contributed by atoms with van der Waals surface area (Å²) >= 11 is 1.08. The minimum Gasteiger partial charge on any atom is -0.286 e. The van der Waals surface area contributed by atoms with E-state index in [1.807, 2.05) is 29.7 Å². The van der Waals surface area contributed by atoms with Crippen LogP contribution < -0.4 is 0 Å². The van der Waals surface area contributed by atoms with Crippen LogP contribution in [-0.2, 0) is 0 Å². The Balaban J connectivity index is 2.74. The minimum absolute atomic E-state index is 0.0454. The third-order valence-corrected chi connectivity index (χ3v) is 2.81. The summed E-state index contributed by atoms with van der Waals surface area (Å²) < 4.78 is 1.56. The van der Waals surface area contributed by atoms with Gasteiger partial charge in [0.15, 0.2) is 0 Å². The number of hydrogen-bond acceptors (Lipinski definition) is 3. The van der Waals surface area contributed by atoms with Crippen LogP contribution >= 0.6 is 11.8 Å². The van der Waals surface area contributed by atoms with E-state index in [1.54, 1.807) is 10.8 Å². The molecule has 15 heavy (non-hydrogen) atoms. The molecule has 0 unspecified atom stereocenters. The number of para-hydroxylation sites is 1. The van der Waals surface area contributed by atoms with Crippen molar-refractivity contribution >= 4 is 28.6 Å². The van der Waals surface area contributed by atoms with E-state index in [4.69, 9.17) is 5.26 Å². The van der Waals surface area contributed by atoms with E-state index in [1.165, 1.54) is 6.92 Å². The van der Waals surface area contributed by atoms with Crippen molar-refractivity contribution in [2.45, 2.75) is 11.8 Å². The molecule has 74 valence electrons. The van der Waals surface area contributed by atoms with Gasteiger partial charge in [0.1, 0.15) is 5.40 Å². The normalized spacial score (nSPS) is 10.1.